The molecule has 0 unspecified atom stereocenters. The van der Waals surface area contributed by atoms with E-state index in [1.165, 1.54) is 0 Å². The molecule has 5 nitrogen and oxygen atoms in total. The van der Waals surface area contributed by atoms with Crippen LogP contribution in [0.5, 0.6) is 0 Å². The van der Waals surface area contributed by atoms with Crippen LogP contribution >= 0.6 is 0 Å². The van der Waals surface area contributed by atoms with Gasteiger partial charge in [-0.15, -0.1) is 0 Å². The topological polar surface area (TPSA) is 88.2 Å². The number of amides is 1. The van der Waals surface area contributed by atoms with Crippen LogP contribution < -0.4 is 11.1 Å². The van der Waals surface area contributed by atoms with Gasteiger partial charge in [0.1, 0.15) is 11.4 Å². The summed E-state index contributed by atoms with van der Waals surface area (Å²) < 4.78 is 5.16. The predicted octanol–water partition coefficient (Wildman–Crippen LogP) is 3.58. The molecule has 0 aliphatic heterocycles. The maximum Gasteiger partial charge on any atom is 0.407 e. The Labute approximate surface area is 128 Å². The number of nitrogens with two attached hydrogens (primary N) is 1. The molecule has 0 heterocycles. The number of hydrogen-bond acceptors (Lipinski definition) is 3. The first kappa shape index (κ1) is 19.0. The van der Waals surface area contributed by atoms with Gasteiger partial charge in [0.2, 0.25) is 0 Å². The van der Waals surface area contributed by atoms with Crippen molar-refractivity contribution in [1.29, 1.82) is 5.41 Å². The van der Waals surface area contributed by atoms with Crippen molar-refractivity contribution in [3.63, 3.8) is 0 Å². The van der Waals surface area contributed by atoms with Crippen molar-refractivity contribution in [2.75, 3.05) is 0 Å². The van der Waals surface area contributed by atoms with Crippen molar-refractivity contribution >= 4 is 11.9 Å². The number of nitrogens with one attached hydrogen (secondary N) is 2. The number of carbonyl (C=O) groups is 1. The zero-order valence-corrected chi connectivity index (χ0v) is 13.8. The number of carbonyl (C=O) groups excluding carboxylic acids is 1. The fraction of sp³-hybridized carbons (Fsp3) is 0.500. The summed E-state index contributed by atoms with van der Waals surface area (Å²) in [7, 11) is 0. The van der Waals surface area contributed by atoms with Crippen LogP contribution in [0.1, 0.15) is 52.7 Å². The summed E-state index contributed by atoms with van der Waals surface area (Å²) >= 11 is 0. The van der Waals surface area contributed by atoms with Gasteiger partial charge in [-0.1, -0.05) is 26.0 Å². The summed E-state index contributed by atoms with van der Waals surface area (Å²) in [5, 5.41) is 10.1. The number of rotatable bonds is 3. The number of nitrogen functional groups attached to an aromatic ring is 1. The molecule has 0 aromatic heterocycles. The van der Waals surface area contributed by atoms with Crippen LogP contribution in [0.25, 0.3) is 0 Å². The standard InChI is InChI=1S/C14H21N3O2.C2H6.H2/c1-9-5-6-10(12(15)16)7-11(9)8-17-13(18)19-14(2,3)4;1-2;/h5-7H,8H2,1-4H3,(H3,15,16)(H,17,18);1-2H3;1H. The number of alkyl carbamates (subject to hydrolysis) is 1. The maximum absolute atomic E-state index is 11.6. The first-order valence-corrected chi connectivity index (χ1v) is 7.10. The Morgan fingerprint density at radius 3 is 2.43 bits per heavy atom. The highest BCUT2D eigenvalue weighted by molar-refractivity contribution is 5.95. The van der Waals surface area contributed by atoms with Crippen molar-refractivity contribution in [2.45, 2.75) is 53.7 Å². The van der Waals surface area contributed by atoms with Gasteiger partial charge in [-0.05, 0) is 44.9 Å². The summed E-state index contributed by atoms with van der Waals surface area (Å²) in [4.78, 5) is 11.6. The molecule has 1 aromatic carbocycles. The van der Waals surface area contributed by atoms with E-state index in [1.807, 2.05) is 47.6 Å². The number of hydrogen-bond donors (Lipinski definition) is 3. The molecule has 5 heteroatoms. The second-order valence-electron chi connectivity index (χ2n) is 5.41. The molecule has 21 heavy (non-hydrogen) atoms. The Hall–Kier alpha value is -2.04. The molecule has 0 saturated carbocycles. The fourth-order valence-electron chi connectivity index (χ4n) is 1.51. The summed E-state index contributed by atoms with van der Waals surface area (Å²) in [6.07, 6.45) is -0.458. The maximum atomic E-state index is 11.6. The van der Waals surface area contributed by atoms with Crippen LogP contribution in [0.3, 0.4) is 0 Å². The van der Waals surface area contributed by atoms with Crippen molar-refractivity contribution in [3.05, 3.63) is 34.9 Å². The minimum Gasteiger partial charge on any atom is -0.444 e. The Morgan fingerprint density at radius 1 is 1.38 bits per heavy atom. The molecule has 4 N–H and O–H groups in total. The van der Waals surface area contributed by atoms with Crippen molar-refractivity contribution in [3.8, 4) is 0 Å². The lowest BCUT2D eigenvalue weighted by Crippen LogP contribution is -2.32. The average Bonchev–Trinajstić information content (AvgIpc) is 2.38. The zero-order chi connectivity index (χ0) is 16.6. The lowest BCUT2D eigenvalue weighted by Gasteiger charge is -2.20. The largest absolute Gasteiger partial charge is 0.444 e. The molecule has 120 valence electrons. The molecule has 0 bridgehead atoms. The first-order valence-electron chi connectivity index (χ1n) is 7.10. The van der Waals surface area contributed by atoms with Gasteiger partial charge in [0.05, 0.1) is 0 Å². The average molecular weight is 295 g/mol. The monoisotopic (exact) mass is 295 g/mol. The Balaban J connectivity index is 0. The molecule has 0 fully saturated rings. The molecule has 0 spiro atoms. The Bertz CT molecular complexity index is 497. The van der Waals surface area contributed by atoms with Crippen LogP contribution in [0.2, 0.25) is 0 Å². The van der Waals surface area contributed by atoms with E-state index < -0.39 is 11.7 Å². The highest BCUT2D eigenvalue weighted by Gasteiger charge is 2.16. The second-order valence-corrected chi connectivity index (χ2v) is 5.41. The van der Waals surface area contributed by atoms with Gasteiger partial charge >= 0.3 is 6.09 Å². The van der Waals surface area contributed by atoms with Gasteiger partial charge in [-0.2, -0.15) is 0 Å². The normalized spacial score (nSPS) is 10.2. The van der Waals surface area contributed by atoms with Crippen molar-refractivity contribution < 1.29 is 11.0 Å². The number of aryl methyl sites for hydroxylation is 1. The molecule has 0 aliphatic carbocycles. The SMILES string of the molecule is CC.Cc1ccc(C(=N)N)cc1CNC(=O)OC(C)(C)C.[HH]. The Kier molecular flexibility index (Phi) is 7.49. The lowest BCUT2D eigenvalue weighted by atomic mass is 10.0. The van der Waals surface area contributed by atoms with E-state index in [9.17, 15) is 4.79 Å². The predicted molar refractivity (Wildman–Crippen MR) is 88.7 cm³/mol. The number of amidine groups is 1. The highest BCUT2D eigenvalue weighted by atomic mass is 16.6. The molecule has 1 amide bonds. The van der Waals surface area contributed by atoms with Crippen LogP contribution in [0.15, 0.2) is 18.2 Å². The molecule has 1 rings (SSSR count). The van der Waals surface area contributed by atoms with E-state index in [1.54, 1.807) is 12.1 Å². The number of benzene rings is 1. The smallest absolute Gasteiger partial charge is 0.407 e. The molecule has 0 radical (unpaired) electrons. The molecular formula is C16H29N3O2. The van der Waals surface area contributed by atoms with Crippen LogP contribution in [0.4, 0.5) is 4.79 Å². The highest BCUT2D eigenvalue weighted by Crippen LogP contribution is 2.12. The third kappa shape index (κ3) is 7.34. The summed E-state index contributed by atoms with van der Waals surface area (Å²) in [5.41, 5.74) is 7.52. The third-order valence-electron chi connectivity index (χ3n) is 2.48. The fourth-order valence-corrected chi connectivity index (χ4v) is 1.51. The zero-order valence-electron chi connectivity index (χ0n) is 13.8. The van der Waals surface area contributed by atoms with E-state index in [2.05, 4.69) is 5.32 Å². The van der Waals surface area contributed by atoms with E-state index in [0.29, 0.717) is 12.1 Å². The van der Waals surface area contributed by atoms with E-state index in [-0.39, 0.29) is 7.26 Å². The van der Waals surface area contributed by atoms with Gasteiger partial charge in [-0.3, -0.25) is 5.41 Å². The second kappa shape index (κ2) is 8.29. The summed E-state index contributed by atoms with van der Waals surface area (Å²) in [5.74, 6) is 0.0125. The first-order chi connectivity index (χ1) is 9.69. The van der Waals surface area contributed by atoms with Gasteiger partial charge in [0.25, 0.3) is 0 Å². The Morgan fingerprint density at radius 2 is 1.95 bits per heavy atom. The summed E-state index contributed by atoms with van der Waals surface area (Å²) in [6, 6.07) is 5.46. The molecule has 1 aromatic rings. The van der Waals surface area contributed by atoms with E-state index in [4.69, 9.17) is 15.9 Å². The third-order valence-corrected chi connectivity index (χ3v) is 2.48. The summed E-state index contributed by atoms with van der Waals surface area (Å²) in [6.45, 7) is 11.7. The molecule has 0 saturated heterocycles. The van der Waals surface area contributed by atoms with Crippen LogP contribution in [0, 0.1) is 12.3 Å². The minimum absolute atomic E-state index is 0. The minimum atomic E-state index is -0.514. The van der Waals surface area contributed by atoms with Crippen LogP contribution in [-0.4, -0.2) is 17.5 Å². The van der Waals surface area contributed by atoms with Crippen molar-refractivity contribution in [2.24, 2.45) is 5.73 Å². The quantitative estimate of drug-likeness (QED) is 0.588. The van der Waals surface area contributed by atoms with Crippen molar-refractivity contribution in [1.82, 2.24) is 5.32 Å². The van der Waals surface area contributed by atoms with Gasteiger partial charge in [-0.25, -0.2) is 4.79 Å². The van der Waals surface area contributed by atoms with Gasteiger partial charge < -0.3 is 15.8 Å². The van der Waals surface area contributed by atoms with E-state index in [0.717, 1.165) is 11.1 Å². The lowest BCUT2D eigenvalue weighted by molar-refractivity contribution is 0.0523. The van der Waals surface area contributed by atoms with E-state index >= 15 is 0 Å². The molecular weight excluding hydrogens is 266 g/mol. The van der Waals surface area contributed by atoms with Gasteiger partial charge in [0.15, 0.2) is 0 Å². The molecule has 0 atom stereocenters. The van der Waals surface area contributed by atoms with Crippen LogP contribution in [-0.2, 0) is 11.3 Å². The number of ether oxygens (including phenoxy) is 1. The van der Waals surface area contributed by atoms with Gasteiger partial charge in [0, 0.05) is 13.5 Å². The molecule has 0 aliphatic rings.